The first-order valence-corrected chi connectivity index (χ1v) is 9.00. The molecule has 0 saturated heterocycles. The van der Waals surface area contributed by atoms with E-state index in [0.717, 1.165) is 58.3 Å². The summed E-state index contributed by atoms with van der Waals surface area (Å²) in [7, 11) is 0. The van der Waals surface area contributed by atoms with Gasteiger partial charge in [0.05, 0.1) is 19.2 Å². The second-order valence-corrected chi connectivity index (χ2v) is 6.40. The van der Waals surface area contributed by atoms with E-state index in [1.165, 1.54) is 17.8 Å². The fraction of sp³-hybridized carbons (Fsp3) is 0.889. The Hall–Kier alpha value is -0.740. The Kier molecular flexibility index (Phi) is 9.56. The summed E-state index contributed by atoms with van der Waals surface area (Å²) in [5.41, 5.74) is 2.42. The summed E-state index contributed by atoms with van der Waals surface area (Å²) in [5.74, 6) is 0. The highest BCUT2D eigenvalue weighted by molar-refractivity contribution is 5.81. The lowest BCUT2D eigenvalue weighted by molar-refractivity contribution is 0.0226. The molecule has 1 aliphatic rings. The summed E-state index contributed by atoms with van der Waals surface area (Å²) >= 11 is 0. The number of hydrogen-bond acceptors (Lipinski definition) is 4. The minimum Gasteiger partial charge on any atom is -0.391 e. The SMILES string of the molecule is CCC(C)=NCCN(CCN=C(C)CC)C1CCCCC1O. The van der Waals surface area contributed by atoms with Crippen LogP contribution in [0.2, 0.25) is 0 Å². The maximum atomic E-state index is 10.3. The van der Waals surface area contributed by atoms with Crippen molar-refractivity contribution in [1.29, 1.82) is 0 Å². The van der Waals surface area contributed by atoms with Crippen molar-refractivity contribution in [3.63, 3.8) is 0 Å². The van der Waals surface area contributed by atoms with E-state index in [1.54, 1.807) is 0 Å². The van der Waals surface area contributed by atoms with Gasteiger partial charge in [-0.2, -0.15) is 0 Å². The van der Waals surface area contributed by atoms with E-state index in [2.05, 4.69) is 42.6 Å². The van der Waals surface area contributed by atoms with Gasteiger partial charge in [-0.3, -0.25) is 14.9 Å². The smallest absolute Gasteiger partial charge is 0.0695 e. The molecule has 22 heavy (non-hydrogen) atoms. The lowest BCUT2D eigenvalue weighted by Gasteiger charge is -2.37. The van der Waals surface area contributed by atoms with Crippen LogP contribution < -0.4 is 0 Å². The number of rotatable bonds is 9. The van der Waals surface area contributed by atoms with E-state index in [9.17, 15) is 5.11 Å². The summed E-state index contributed by atoms with van der Waals surface area (Å²) < 4.78 is 0. The van der Waals surface area contributed by atoms with E-state index >= 15 is 0 Å². The van der Waals surface area contributed by atoms with Crippen LogP contribution in [0, 0.1) is 0 Å². The van der Waals surface area contributed by atoms with Crippen LogP contribution in [-0.4, -0.2) is 59.8 Å². The quantitative estimate of drug-likeness (QED) is 0.664. The van der Waals surface area contributed by atoms with E-state index in [1.807, 2.05) is 0 Å². The third-order valence-corrected chi connectivity index (χ3v) is 4.72. The van der Waals surface area contributed by atoms with Crippen LogP contribution in [0.3, 0.4) is 0 Å². The molecule has 1 rings (SSSR count). The maximum Gasteiger partial charge on any atom is 0.0695 e. The molecule has 0 bridgehead atoms. The molecular formula is C18H35N3O. The van der Waals surface area contributed by atoms with Gasteiger partial charge in [0.25, 0.3) is 0 Å². The minimum atomic E-state index is -0.179. The Labute approximate surface area is 136 Å². The van der Waals surface area contributed by atoms with Crippen LogP contribution >= 0.6 is 0 Å². The number of aliphatic imine (C=N–C) groups is 2. The third-order valence-electron chi connectivity index (χ3n) is 4.72. The molecule has 0 aliphatic heterocycles. The first-order valence-electron chi connectivity index (χ1n) is 9.00. The molecule has 2 atom stereocenters. The molecule has 0 spiro atoms. The summed E-state index contributed by atoms with van der Waals surface area (Å²) in [4.78, 5) is 11.7. The van der Waals surface area contributed by atoms with Gasteiger partial charge in [0.2, 0.25) is 0 Å². The zero-order valence-electron chi connectivity index (χ0n) is 15.0. The zero-order chi connectivity index (χ0) is 16.4. The fourth-order valence-corrected chi connectivity index (χ4v) is 2.92. The molecule has 0 aromatic heterocycles. The molecule has 0 aromatic rings. The third kappa shape index (κ3) is 7.01. The van der Waals surface area contributed by atoms with Gasteiger partial charge in [-0.15, -0.1) is 0 Å². The van der Waals surface area contributed by atoms with Crippen molar-refractivity contribution < 1.29 is 5.11 Å². The molecule has 0 aromatic carbocycles. The largest absolute Gasteiger partial charge is 0.391 e. The molecule has 0 amide bonds. The molecule has 2 unspecified atom stereocenters. The Morgan fingerprint density at radius 2 is 1.45 bits per heavy atom. The lowest BCUT2D eigenvalue weighted by atomic mass is 9.91. The van der Waals surface area contributed by atoms with Gasteiger partial charge in [0, 0.05) is 30.6 Å². The van der Waals surface area contributed by atoms with E-state index in [-0.39, 0.29) is 6.10 Å². The number of aliphatic hydroxyl groups is 1. The van der Waals surface area contributed by atoms with Gasteiger partial charge in [-0.25, -0.2) is 0 Å². The average molecular weight is 309 g/mol. The average Bonchev–Trinajstić information content (AvgIpc) is 2.53. The number of hydrogen-bond donors (Lipinski definition) is 1. The Morgan fingerprint density at radius 1 is 0.955 bits per heavy atom. The van der Waals surface area contributed by atoms with Crippen LogP contribution in [0.25, 0.3) is 0 Å². The van der Waals surface area contributed by atoms with Gasteiger partial charge in [-0.05, 0) is 39.5 Å². The Morgan fingerprint density at radius 3 is 1.91 bits per heavy atom. The minimum absolute atomic E-state index is 0.179. The first-order chi connectivity index (χ1) is 10.6. The zero-order valence-corrected chi connectivity index (χ0v) is 15.0. The van der Waals surface area contributed by atoms with E-state index < -0.39 is 0 Å². The first kappa shape index (κ1) is 19.3. The predicted molar refractivity (Wildman–Crippen MR) is 96.4 cm³/mol. The lowest BCUT2D eigenvalue weighted by Crippen LogP contribution is -2.47. The van der Waals surface area contributed by atoms with Crippen LogP contribution in [0.5, 0.6) is 0 Å². The highest BCUT2D eigenvalue weighted by Gasteiger charge is 2.28. The second kappa shape index (κ2) is 10.9. The highest BCUT2D eigenvalue weighted by atomic mass is 16.3. The van der Waals surface area contributed by atoms with Gasteiger partial charge >= 0.3 is 0 Å². The van der Waals surface area contributed by atoms with Crippen LogP contribution in [0.15, 0.2) is 9.98 Å². The van der Waals surface area contributed by atoms with E-state index in [4.69, 9.17) is 0 Å². The summed E-state index contributed by atoms with van der Waals surface area (Å²) in [6, 6.07) is 0.294. The van der Waals surface area contributed by atoms with Gasteiger partial charge < -0.3 is 5.11 Å². The molecule has 4 heteroatoms. The van der Waals surface area contributed by atoms with Crippen molar-refractivity contribution in [3.05, 3.63) is 0 Å². The van der Waals surface area contributed by atoms with Gasteiger partial charge in [0.15, 0.2) is 0 Å². The van der Waals surface area contributed by atoms with Crippen molar-refractivity contribution in [2.45, 2.75) is 78.4 Å². The Bertz CT molecular complexity index is 341. The number of aliphatic hydroxyl groups excluding tert-OH is 1. The Balaban J connectivity index is 2.59. The molecule has 4 nitrogen and oxygen atoms in total. The molecule has 1 aliphatic carbocycles. The predicted octanol–water partition coefficient (Wildman–Crippen LogP) is 3.33. The normalized spacial score (nSPS) is 24.1. The van der Waals surface area contributed by atoms with Crippen LogP contribution in [0.1, 0.15) is 66.2 Å². The van der Waals surface area contributed by atoms with Crippen molar-refractivity contribution in [1.82, 2.24) is 4.90 Å². The monoisotopic (exact) mass is 309 g/mol. The topological polar surface area (TPSA) is 48.2 Å². The highest BCUT2D eigenvalue weighted by Crippen LogP contribution is 2.23. The van der Waals surface area contributed by atoms with Crippen molar-refractivity contribution in [3.8, 4) is 0 Å². The standard InChI is InChI=1S/C18H35N3O/c1-5-15(3)19-11-13-21(14-12-20-16(4)6-2)17-9-7-8-10-18(17)22/h17-18,22H,5-14H2,1-4H3. The molecular weight excluding hydrogens is 274 g/mol. The van der Waals surface area contributed by atoms with Crippen molar-refractivity contribution >= 4 is 11.4 Å². The molecule has 1 fully saturated rings. The van der Waals surface area contributed by atoms with Gasteiger partial charge in [0.1, 0.15) is 0 Å². The molecule has 1 N–H and O–H groups in total. The van der Waals surface area contributed by atoms with Crippen LogP contribution in [-0.2, 0) is 0 Å². The van der Waals surface area contributed by atoms with Gasteiger partial charge in [-0.1, -0.05) is 26.7 Å². The second-order valence-electron chi connectivity index (χ2n) is 6.40. The summed E-state index contributed by atoms with van der Waals surface area (Å²) in [6.45, 7) is 12.0. The maximum absolute atomic E-state index is 10.3. The molecule has 0 radical (unpaired) electrons. The number of nitrogens with zero attached hydrogens (tertiary/aromatic N) is 3. The fourth-order valence-electron chi connectivity index (χ4n) is 2.92. The molecule has 0 heterocycles. The summed E-state index contributed by atoms with van der Waals surface area (Å²) in [5, 5.41) is 10.3. The van der Waals surface area contributed by atoms with Crippen molar-refractivity contribution in [2.24, 2.45) is 9.98 Å². The van der Waals surface area contributed by atoms with Crippen LogP contribution in [0.4, 0.5) is 0 Å². The molecule has 1 saturated carbocycles. The van der Waals surface area contributed by atoms with Crippen molar-refractivity contribution in [2.75, 3.05) is 26.2 Å². The summed E-state index contributed by atoms with van der Waals surface area (Å²) in [6.07, 6.45) is 6.29. The van der Waals surface area contributed by atoms with E-state index in [0.29, 0.717) is 6.04 Å². The molecule has 128 valence electrons.